The van der Waals surface area contributed by atoms with E-state index in [0.717, 1.165) is 12.8 Å². The monoisotopic (exact) mass is 346 g/mol. The van der Waals surface area contributed by atoms with Crippen LogP contribution in [0.4, 0.5) is 10.5 Å². The fourth-order valence-corrected chi connectivity index (χ4v) is 3.93. The first kappa shape index (κ1) is 17.3. The van der Waals surface area contributed by atoms with Crippen molar-refractivity contribution in [2.24, 2.45) is 11.3 Å². The third-order valence-electron chi connectivity index (χ3n) is 5.21. The molecule has 2 amide bonds. The zero-order chi connectivity index (χ0) is 18.0. The molecule has 0 radical (unpaired) electrons. The largest absolute Gasteiger partial charge is 0.481 e. The van der Waals surface area contributed by atoms with Crippen LogP contribution in [0.25, 0.3) is 0 Å². The fourth-order valence-electron chi connectivity index (χ4n) is 3.93. The van der Waals surface area contributed by atoms with E-state index in [2.05, 4.69) is 5.32 Å². The van der Waals surface area contributed by atoms with Crippen LogP contribution in [0.3, 0.4) is 0 Å². The van der Waals surface area contributed by atoms with Gasteiger partial charge in [-0.1, -0.05) is 12.5 Å². The number of carboxylic acid groups (broad SMARTS) is 1. The van der Waals surface area contributed by atoms with Crippen molar-refractivity contribution in [1.29, 1.82) is 0 Å². The molecule has 0 unspecified atom stereocenters. The molecule has 1 saturated heterocycles. The minimum atomic E-state index is -0.811. The summed E-state index contributed by atoms with van der Waals surface area (Å²) in [5.74, 6) is -1.24. The Bertz CT molecular complexity index is 704. The number of esters is 1. The molecule has 1 saturated carbocycles. The van der Waals surface area contributed by atoms with Crippen LogP contribution in [0.2, 0.25) is 0 Å². The Hall–Kier alpha value is -2.57. The van der Waals surface area contributed by atoms with Gasteiger partial charge in [0.1, 0.15) is 0 Å². The van der Waals surface area contributed by atoms with E-state index in [9.17, 15) is 19.5 Å². The van der Waals surface area contributed by atoms with Crippen LogP contribution in [0.1, 0.15) is 36.5 Å². The number of aliphatic carboxylic acids is 1. The molecule has 7 nitrogen and oxygen atoms in total. The van der Waals surface area contributed by atoms with Gasteiger partial charge in [0.25, 0.3) is 0 Å². The topological polar surface area (TPSA) is 95.9 Å². The Balaban J connectivity index is 1.68. The molecule has 134 valence electrons. The average molecular weight is 346 g/mol. The van der Waals surface area contributed by atoms with Crippen molar-refractivity contribution in [3.05, 3.63) is 29.8 Å². The number of anilines is 1. The van der Waals surface area contributed by atoms with Gasteiger partial charge in [-0.05, 0) is 43.9 Å². The van der Waals surface area contributed by atoms with Crippen LogP contribution in [-0.4, -0.2) is 47.7 Å². The van der Waals surface area contributed by atoms with Gasteiger partial charge in [0.05, 0.1) is 17.6 Å². The molecule has 2 fully saturated rings. The maximum Gasteiger partial charge on any atom is 0.338 e. The van der Waals surface area contributed by atoms with Crippen LogP contribution >= 0.6 is 0 Å². The molecule has 25 heavy (non-hydrogen) atoms. The molecule has 2 N–H and O–H groups in total. The highest BCUT2D eigenvalue weighted by atomic mass is 16.5. The summed E-state index contributed by atoms with van der Waals surface area (Å²) in [6.07, 6.45) is 2.36. The number of hydrogen-bond donors (Lipinski definition) is 2. The van der Waals surface area contributed by atoms with E-state index in [4.69, 9.17) is 4.74 Å². The van der Waals surface area contributed by atoms with Crippen molar-refractivity contribution in [2.75, 3.05) is 25.0 Å². The van der Waals surface area contributed by atoms with Crippen molar-refractivity contribution >= 4 is 23.7 Å². The molecular formula is C18H22N2O5. The van der Waals surface area contributed by atoms with Crippen LogP contribution in [0, 0.1) is 11.3 Å². The molecule has 1 aromatic rings. The zero-order valence-corrected chi connectivity index (χ0v) is 14.2. The smallest absolute Gasteiger partial charge is 0.338 e. The van der Waals surface area contributed by atoms with Gasteiger partial charge in [-0.25, -0.2) is 9.59 Å². The van der Waals surface area contributed by atoms with Crippen LogP contribution in [0.5, 0.6) is 0 Å². The highest BCUT2D eigenvalue weighted by Gasteiger charge is 2.55. The molecule has 2 aliphatic rings. The second-order valence-electron chi connectivity index (χ2n) is 6.66. The Labute approximate surface area is 146 Å². The van der Waals surface area contributed by atoms with Crippen LogP contribution in [0.15, 0.2) is 24.3 Å². The molecule has 2 atom stereocenters. The SMILES string of the molecule is CCOC(=O)c1cccc(NC(=O)N2C[C@@H]3CCC[C@@]3(C(=O)O)C2)c1. The minimum absolute atomic E-state index is 0.0154. The van der Waals surface area contributed by atoms with E-state index >= 15 is 0 Å². The Morgan fingerprint density at radius 1 is 1.40 bits per heavy atom. The fraction of sp³-hybridized carbons (Fsp3) is 0.500. The Morgan fingerprint density at radius 3 is 2.88 bits per heavy atom. The van der Waals surface area contributed by atoms with E-state index in [1.807, 2.05) is 0 Å². The second kappa shape index (κ2) is 6.74. The van der Waals surface area contributed by atoms with Gasteiger partial charge in [0.2, 0.25) is 0 Å². The molecule has 1 aromatic carbocycles. The highest BCUT2D eigenvalue weighted by Crippen LogP contribution is 2.48. The third kappa shape index (κ3) is 3.18. The summed E-state index contributed by atoms with van der Waals surface area (Å²) in [6.45, 7) is 2.69. The van der Waals surface area contributed by atoms with Gasteiger partial charge in [0, 0.05) is 18.8 Å². The summed E-state index contributed by atoms with van der Waals surface area (Å²) in [5, 5.41) is 12.4. The second-order valence-corrected chi connectivity index (χ2v) is 6.66. The number of ether oxygens (including phenoxy) is 1. The van der Waals surface area contributed by atoms with E-state index in [1.54, 1.807) is 36.1 Å². The number of rotatable bonds is 4. The number of hydrogen-bond acceptors (Lipinski definition) is 4. The van der Waals surface area contributed by atoms with E-state index < -0.39 is 17.4 Å². The number of fused-ring (bicyclic) bond motifs is 1. The van der Waals surface area contributed by atoms with E-state index in [0.29, 0.717) is 24.2 Å². The zero-order valence-electron chi connectivity index (χ0n) is 14.2. The van der Waals surface area contributed by atoms with Crippen molar-refractivity contribution in [3.63, 3.8) is 0 Å². The lowest BCUT2D eigenvalue weighted by molar-refractivity contribution is -0.149. The summed E-state index contributed by atoms with van der Waals surface area (Å²) >= 11 is 0. The average Bonchev–Trinajstić information content (AvgIpc) is 3.13. The number of nitrogens with one attached hydrogen (secondary N) is 1. The Kier molecular flexibility index (Phi) is 4.65. The van der Waals surface area contributed by atoms with Crippen LogP contribution < -0.4 is 5.32 Å². The number of carbonyl (C=O) groups is 3. The van der Waals surface area contributed by atoms with Gasteiger partial charge in [-0.2, -0.15) is 0 Å². The lowest BCUT2D eigenvalue weighted by Gasteiger charge is -2.23. The number of carbonyl (C=O) groups excluding carboxylic acids is 2. The van der Waals surface area contributed by atoms with Gasteiger partial charge in [-0.3, -0.25) is 4.79 Å². The first-order valence-corrected chi connectivity index (χ1v) is 8.53. The number of nitrogens with zero attached hydrogens (tertiary/aromatic N) is 1. The van der Waals surface area contributed by atoms with E-state index in [1.165, 1.54) is 0 Å². The number of carboxylic acids is 1. The molecule has 0 aromatic heterocycles. The van der Waals surface area contributed by atoms with Crippen molar-refractivity contribution in [3.8, 4) is 0 Å². The highest BCUT2D eigenvalue weighted by molar-refractivity contribution is 5.94. The standard InChI is InChI=1S/C18H22N2O5/c1-2-25-15(21)12-5-3-7-14(9-12)19-17(24)20-10-13-6-4-8-18(13,11-20)16(22)23/h3,5,7,9,13H,2,4,6,8,10-11H2,1H3,(H,19,24)(H,22,23)/t13-,18+/m0/s1. The maximum atomic E-state index is 12.5. The number of likely N-dealkylation sites (tertiary alicyclic amines) is 1. The molecule has 1 aliphatic carbocycles. The summed E-state index contributed by atoms with van der Waals surface area (Å²) in [5.41, 5.74) is 0.0429. The molecule has 0 bridgehead atoms. The molecular weight excluding hydrogens is 324 g/mol. The third-order valence-corrected chi connectivity index (χ3v) is 5.21. The first-order chi connectivity index (χ1) is 12.0. The predicted octanol–water partition coefficient (Wildman–Crippen LogP) is 2.58. The minimum Gasteiger partial charge on any atom is -0.481 e. The number of amides is 2. The number of benzene rings is 1. The molecule has 3 rings (SSSR count). The summed E-state index contributed by atoms with van der Waals surface area (Å²) < 4.78 is 4.95. The summed E-state index contributed by atoms with van der Waals surface area (Å²) in [6, 6.07) is 6.19. The first-order valence-electron chi connectivity index (χ1n) is 8.53. The number of urea groups is 1. The maximum absolute atomic E-state index is 12.5. The van der Waals surface area contributed by atoms with Gasteiger partial charge in [0.15, 0.2) is 0 Å². The van der Waals surface area contributed by atoms with Crippen LogP contribution in [-0.2, 0) is 9.53 Å². The molecule has 1 aliphatic heterocycles. The van der Waals surface area contributed by atoms with Crippen molar-refractivity contribution in [2.45, 2.75) is 26.2 Å². The van der Waals surface area contributed by atoms with Gasteiger partial charge in [-0.15, -0.1) is 0 Å². The van der Waals surface area contributed by atoms with Gasteiger partial charge >= 0.3 is 18.0 Å². The summed E-state index contributed by atoms with van der Waals surface area (Å²) in [4.78, 5) is 37.6. The predicted molar refractivity (Wildman–Crippen MR) is 90.4 cm³/mol. The lowest BCUT2D eigenvalue weighted by Crippen LogP contribution is -2.38. The van der Waals surface area contributed by atoms with Gasteiger partial charge < -0.3 is 20.1 Å². The summed E-state index contributed by atoms with van der Waals surface area (Å²) in [7, 11) is 0. The van der Waals surface area contributed by atoms with E-state index in [-0.39, 0.29) is 25.1 Å². The van der Waals surface area contributed by atoms with Crippen molar-refractivity contribution < 1.29 is 24.2 Å². The molecule has 0 spiro atoms. The quantitative estimate of drug-likeness (QED) is 0.817. The van der Waals surface area contributed by atoms with Crippen molar-refractivity contribution in [1.82, 2.24) is 4.90 Å². The lowest BCUT2D eigenvalue weighted by atomic mass is 9.81. The normalized spacial score (nSPS) is 24.7. The molecule has 7 heteroatoms. The molecule has 1 heterocycles. The Morgan fingerprint density at radius 2 is 2.20 bits per heavy atom.